The van der Waals surface area contributed by atoms with Crippen molar-refractivity contribution < 1.29 is 9.59 Å². The van der Waals surface area contributed by atoms with Crippen LogP contribution < -0.4 is 10.6 Å². The molecular weight excluding hydrogens is 370 g/mol. The van der Waals surface area contributed by atoms with Crippen molar-refractivity contribution in [2.45, 2.75) is 39.3 Å². The number of thioether (sulfide) groups is 1. The van der Waals surface area contributed by atoms with Crippen LogP contribution in [0.2, 0.25) is 0 Å². The molecule has 3 rings (SSSR count). The molecule has 0 saturated heterocycles. The summed E-state index contributed by atoms with van der Waals surface area (Å²) in [6, 6.07) is 13.8. The van der Waals surface area contributed by atoms with E-state index in [0.29, 0.717) is 12.8 Å². The van der Waals surface area contributed by atoms with Gasteiger partial charge in [-0.25, -0.2) is 0 Å². The predicted octanol–water partition coefficient (Wildman–Crippen LogP) is 4.40. The van der Waals surface area contributed by atoms with Crippen molar-refractivity contribution in [3.05, 3.63) is 42.5 Å². The standard InChI is InChI=1S/C22H27N3O2S/c1-4-21(26)24-18(12-13-28-3)22(27)23-15-10-11-20-17(14-15)16-8-6-7-9-19(16)25(20)5-2/h6-11,14,18H,4-5,12-13H2,1-3H3,(H,23,27)(H,24,26). The second-order valence-electron chi connectivity index (χ2n) is 6.74. The average Bonchev–Trinajstić information content (AvgIpc) is 3.03. The Balaban J connectivity index is 1.89. The van der Waals surface area contributed by atoms with Gasteiger partial charge in [-0.15, -0.1) is 0 Å². The molecule has 0 fully saturated rings. The highest BCUT2D eigenvalue weighted by molar-refractivity contribution is 7.98. The molecular formula is C22H27N3O2S. The molecule has 1 unspecified atom stereocenters. The van der Waals surface area contributed by atoms with Gasteiger partial charge in [0.15, 0.2) is 0 Å². The molecule has 2 aromatic carbocycles. The summed E-state index contributed by atoms with van der Waals surface area (Å²) in [6.07, 6.45) is 2.97. The summed E-state index contributed by atoms with van der Waals surface area (Å²) >= 11 is 1.66. The molecule has 6 heteroatoms. The molecule has 0 radical (unpaired) electrons. The van der Waals surface area contributed by atoms with E-state index in [1.165, 1.54) is 10.9 Å². The molecule has 1 aromatic heterocycles. The summed E-state index contributed by atoms with van der Waals surface area (Å²) < 4.78 is 2.28. The summed E-state index contributed by atoms with van der Waals surface area (Å²) in [5.41, 5.74) is 3.09. The van der Waals surface area contributed by atoms with Crippen molar-refractivity contribution in [2.24, 2.45) is 0 Å². The minimum absolute atomic E-state index is 0.109. The summed E-state index contributed by atoms with van der Waals surface area (Å²) in [5.74, 6) is 0.530. The Kier molecular flexibility index (Phi) is 6.62. The highest BCUT2D eigenvalue weighted by Crippen LogP contribution is 2.31. The fourth-order valence-electron chi connectivity index (χ4n) is 3.50. The number of carbonyl (C=O) groups excluding carboxylic acids is 2. The average molecular weight is 398 g/mol. The number of hydrogen-bond donors (Lipinski definition) is 2. The number of hydrogen-bond acceptors (Lipinski definition) is 3. The van der Waals surface area contributed by atoms with Crippen LogP contribution in [0, 0.1) is 0 Å². The number of nitrogens with zero attached hydrogens (tertiary/aromatic N) is 1. The molecule has 2 amide bonds. The lowest BCUT2D eigenvalue weighted by molar-refractivity contribution is -0.126. The maximum Gasteiger partial charge on any atom is 0.246 e. The van der Waals surface area contributed by atoms with Gasteiger partial charge in [-0.3, -0.25) is 9.59 Å². The van der Waals surface area contributed by atoms with E-state index in [1.54, 1.807) is 18.7 Å². The first-order chi connectivity index (χ1) is 13.6. The zero-order valence-corrected chi connectivity index (χ0v) is 17.4. The molecule has 28 heavy (non-hydrogen) atoms. The molecule has 0 saturated carbocycles. The fourth-order valence-corrected chi connectivity index (χ4v) is 3.97. The lowest BCUT2D eigenvalue weighted by atomic mass is 10.1. The number of anilines is 1. The molecule has 3 aromatic rings. The first-order valence-corrected chi connectivity index (χ1v) is 11.1. The topological polar surface area (TPSA) is 63.1 Å². The molecule has 0 aliphatic rings. The van der Waals surface area contributed by atoms with Gasteiger partial charge >= 0.3 is 0 Å². The Labute approximate surface area is 169 Å². The van der Waals surface area contributed by atoms with Gasteiger partial charge in [0.2, 0.25) is 11.8 Å². The smallest absolute Gasteiger partial charge is 0.246 e. The Hall–Kier alpha value is -2.47. The quantitative estimate of drug-likeness (QED) is 0.592. The zero-order valence-electron chi connectivity index (χ0n) is 16.6. The van der Waals surface area contributed by atoms with Gasteiger partial charge in [0.25, 0.3) is 0 Å². The van der Waals surface area contributed by atoms with Crippen molar-refractivity contribution in [2.75, 3.05) is 17.3 Å². The summed E-state index contributed by atoms with van der Waals surface area (Å²) in [5, 5.41) is 8.12. The minimum Gasteiger partial charge on any atom is -0.344 e. The maximum absolute atomic E-state index is 12.8. The van der Waals surface area contributed by atoms with Crippen LogP contribution in [0.5, 0.6) is 0 Å². The number of aromatic nitrogens is 1. The van der Waals surface area contributed by atoms with Crippen molar-refractivity contribution in [3.63, 3.8) is 0 Å². The van der Waals surface area contributed by atoms with Crippen LogP contribution in [0.15, 0.2) is 42.5 Å². The van der Waals surface area contributed by atoms with Gasteiger partial charge in [0, 0.05) is 40.5 Å². The number of benzene rings is 2. The normalized spacial score (nSPS) is 12.2. The molecule has 0 aliphatic heterocycles. The third-order valence-corrected chi connectivity index (χ3v) is 5.58. The van der Waals surface area contributed by atoms with Crippen LogP contribution in [0.1, 0.15) is 26.7 Å². The van der Waals surface area contributed by atoms with Crippen LogP contribution in [0.3, 0.4) is 0 Å². The lowest BCUT2D eigenvalue weighted by Gasteiger charge is -2.18. The Morgan fingerprint density at radius 2 is 1.82 bits per heavy atom. The van der Waals surface area contributed by atoms with E-state index >= 15 is 0 Å². The van der Waals surface area contributed by atoms with E-state index in [4.69, 9.17) is 0 Å². The molecule has 2 N–H and O–H groups in total. The van der Waals surface area contributed by atoms with E-state index in [0.717, 1.165) is 28.9 Å². The monoisotopic (exact) mass is 397 g/mol. The summed E-state index contributed by atoms with van der Waals surface area (Å²) in [4.78, 5) is 24.6. The van der Waals surface area contributed by atoms with Crippen molar-refractivity contribution in [1.29, 1.82) is 0 Å². The number of amides is 2. The highest BCUT2D eigenvalue weighted by Gasteiger charge is 2.20. The molecule has 148 valence electrons. The molecule has 1 atom stereocenters. The number of nitrogens with one attached hydrogen (secondary N) is 2. The number of aryl methyl sites for hydroxylation is 1. The number of fused-ring (bicyclic) bond motifs is 3. The lowest BCUT2D eigenvalue weighted by Crippen LogP contribution is -2.43. The first-order valence-electron chi connectivity index (χ1n) is 9.69. The molecule has 0 bridgehead atoms. The zero-order chi connectivity index (χ0) is 20.1. The van der Waals surface area contributed by atoms with E-state index in [9.17, 15) is 9.59 Å². The summed E-state index contributed by atoms with van der Waals surface area (Å²) in [7, 11) is 0. The van der Waals surface area contributed by atoms with Gasteiger partial charge in [0.05, 0.1) is 0 Å². The van der Waals surface area contributed by atoms with E-state index in [-0.39, 0.29) is 11.8 Å². The highest BCUT2D eigenvalue weighted by atomic mass is 32.2. The van der Waals surface area contributed by atoms with Crippen LogP contribution in [0.4, 0.5) is 5.69 Å². The Bertz CT molecular complexity index is 996. The number of carbonyl (C=O) groups is 2. The van der Waals surface area contributed by atoms with Crippen molar-refractivity contribution in [3.8, 4) is 0 Å². The minimum atomic E-state index is -0.521. The van der Waals surface area contributed by atoms with Gasteiger partial charge in [-0.2, -0.15) is 11.8 Å². The predicted molar refractivity (Wildman–Crippen MR) is 119 cm³/mol. The Morgan fingerprint density at radius 3 is 2.54 bits per heavy atom. The van der Waals surface area contributed by atoms with E-state index in [2.05, 4.69) is 40.3 Å². The van der Waals surface area contributed by atoms with Crippen molar-refractivity contribution >= 4 is 51.1 Å². The third-order valence-electron chi connectivity index (χ3n) is 4.94. The van der Waals surface area contributed by atoms with Crippen LogP contribution in [0.25, 0.3) is 21.8 Å². The molecule has 5 nitrogen and oxygen atoms in total. The molecule has 0 aliphatic carbocycles. The van der Waals surface area contributed by atoms with E-state index < -0.39 is 6.04 Å². The van der Waals surface area contributed by atoms with Gasteiger partial charge in [-0.1, -0.05) is 25.1 Å². The second kappa shape index (κ2) is 9.15. The first kappa shape index (κ1) is 20.3. The maximum atomic E-state index is 12.8. The van der Waals surface area contributed by atoms with Gasteiger partial charge in [0.1, 0.15) is 6.04 Å². The van der Waals surface area contributed by atoms with E-state index in [1.807, 2.05) is 30.5 Å². The largest absolute Gasteiger partial charge is 0.344 e. The van der Waals surface area contributed by atoms with Gasteiger partial charge < -0.3 is 15.2 Å². The second-order valence-corrected chi connectivity index (χ2v) is 7.72. The number of para-hydroxylation sites is 1. The third kappa shape index (κ3) is 4.17. The van der Waals surface area contributed by atoms with Gasteiger partial charge in [-0.05, 0) is 49.6 Å². The van der Waals surface area contributed by atoms with Crippen molar-refractivity contribution in [1.82, 2.24) is 9.88 Å². The molecule has 1 heterocycles. The SMILES string of the molecule is CCC(=O)NC(CCSC)C(=O)Nc1ccc2c(c1)c1ccccc1n2CC. The Morgan fingerprint density at radius 1 is 1.07 bits per heavy atom. The summed E-state index contributed by atoms with van der Waals surface area (Å²) in [6.45, 7) is 4.81. The van der Waals surface area contributed by atoms with Crippen LogP contribution >= 0.6 is 11.8 Å². The fraction of sp³-hybridized carbons (Fsp3) is 0.364. The molecule has 0 spiro atoms. The van der Waals surface area contributed by atoms with Crippen LogP contribution in [-0.4, -0.2) is 34.4 Å². The number of rotatable bonds is 8. The van der Waals surface area contributed by atoms with Crippen LogP contribution in [-0.2, 0) is 16.1 Å².